The molecule has 0 aromatic carbocycles. The van der Waals surface area contributed by atoms with Crippen LogP contribution in [0, 0.1) is 46.3 Å². The van der Waals surface area contributed by atoms with Crippen LogP contribution in [-0.4, -0.2) is 36.4 Å². The normalized spacial score (nSPS) is 46.3. The summed E-state index contributed by atoms with van der Waals surface area (Å²) in [5.74, 6) is 2.29. The molecule has 0 aromatic heterocycles. The fourth-order valence-electron chi connectivity index (χ4n) is 9.36. The molecule has 5 heteroatoms. The first-order chi connectivity index (χ1) is 16.4. The van der Waals surface area contributed by atoms with Gasteiger partial charge in [0.2, 0.25) is 0 Å². The van der Waals surface area contributed by atoms with E-state index < -0.39 is 12.1 Å². The predicted molar refractivity (Wildman–Crippen MR) is 137 cm³/mol. The molecule has 1 N–H and O–H groups in total. The van der Waals surface area contributed by atoms with Crippen molar-refractivity contribution in [2.24, 2.45) is 46.3 Å². The highest BCUT2D eigenvalue weighted by Crippen LogP contribution is 2.68. The topological polar surface area (TPSA) is 65.0 Å². The molecule has 0 spiro atoms. The van der Waals surface area contributed by atoms with Gasteiger partial charge in [0.15, 0.2) is 12.1 Å². The van der Waals surface area contributed by atoms with E-state index in [1.807, 2.05) is 0 Å². The maximum Gasteiger partial charge on any atom is 0.302 e. The Hall–Kier alpha value is -0.650. The number of hydrogen-bond donors (Lipinski definition) is 1. The van der Waals surface area contributed by atoms with Crippen molar-refractivity contribution >= 4 is 5.97 Å². The number of fused-ring (bicyclic) bond motifs is 5. The number of carbonyl (C=O) groups excluding carboxylic acids is 1. The standard InChI is InChI=1S/C30H52O5/c1-19(2)9-8-10-20(3)24-11-12-25-23-17-27(33-7)35-30(32)18-22(34-21(4)31)13-16-29(30,6)26(23)14-15-28(24,25)5/h19-20,22-27,32H,8-18H2,1-7H3/t20-,22?,23+,24-,25+,26+,27-,28-,29-,30+/m1/s1. The highest BCUT2D eigenvalue weighted by Gasteiger charge is 2.65. The van der Waals surface area contributed by atoms with Gasteiger partial charge in [0.05, 0.1) is 0 Å². The second-order valence-corrected chi connectivity index (χ2v) is 13.6. The zero-order valence-electron chi connectivity index (χ0n) is 23.5. The fourth-order valence-corrected chi connectivity index (χ4v) is 9.36. The van der Waals surface area contributed by atoms with E-state index in [9.17, 15) is 9.90 Å². The van der Waals surface area contributed by atoms with Gasteiger partial charge in [0.1, 0.15) is 6.10 Å². The molecule has 0 bridgehead atoms. The summed E-state index contributed by atoms with van der Waals surface area (Å²) in [7, 11) is 1.70. The smallest absolute Gasteiger partial charge is 0.302 e. The minimum absolute atomic E-state index is 0.287. The zero-order valence-corrected chi connectivity index (χ0v) is 23.5. The lowest BCUT2D eigenvalue weighted by molar-refractivity contribution is -0.349. The summed E-state index contributed by atoms with van der Waals surface area (Å²) < 4.78 is 17.8. The summed E-state index contributed by atoms with van der Waals surface area (Å²) in [6.45, 7) is 13.5. The lowest BCUT2D eigenvalue weighted by atomic mass is 9.49. The molecule has 3 saturated carbocycles. The summed E-state index contributed by atoms with van der Waals surface area (Å²) in [4.78, 5) is 11.6. The molecule has 4 aliphatic rings. The van der Waals surface area contributed by atoms with Crippen LogP contribution in [0.25, 0.3) is 0 Å². The average Bonchev–Trinajstić information content (AvgIpc) is 3.08. The van der Waals surface area contributed by atoms with Gasteiger partial charge in [-0.15, -0.1) is 0 Å². The third kappa shape index (κ3) is 4.95. The third-order valence-electron chi connectivity index (χ3n) is 11.2. The van der Waals surface area contributed by atoms with E-state index in [0.717, 1.165) is 43.4 Å². The molecule has 4 fully saturated rings. The monoisotopic (exact) mass is 492 g/mol. The summed E-state index contributed by atoms with van der Waals surface area (Å²) in [5, 5.41) is 12.0. The Morgan fingerprint density at radius 1 is 1.06 bits per heavy atom. The van der Waals surface area contributed by atoms with Crippen molar-refractivity contribution in [2.75, 3.05) is 7.11 Å². The second kappa shape index (κ2) is 10.3. The van der Waals surface area contributed by atoms with Crippen LogP contribution >= 0.6 is 0 Å². The molecule has 1 unspecified atom stereocenters. The number of methoxy groups -OCH3 is 1. The summed E-state index contributed by atoms with van der Waals surface area (Å²) in [6, 6.07) is 0. The quantitative estimate of drug-likeness (QED) is 0.400. The van der Waals surface area contributed by atoms with Gasteiger partial charge in [-0.3, -0.25) is 4.79 Å². The Balaban J connectivity index is 1.57. The van der Waals surface area contributed by atoms with E-state index in [-0.39, 0.29) is 17.5 Å². The van der Waals surface area contributed by atoms with E-state index in [4.69, 9.17) is 14.2 Å². The molecule has 35 heavy (non-hydrogen) atoms. The molecule has 5 nitrogen and oxygen atoms in total. The van der Waals surface area contributed by atoms with E-state index in [0.29, 0.717) is 29.6 Å². The molecule has 202 valence electrons. The number of hydrogen-bond acceptors (Lipinski definition) is 5. The van der Waals surface area contributed by atoms with Crippen LogP contribution in [0.4, 0.5) is 0 Å². The predicted octanol–water partition coefficient (Wildman–Crippen LogP) is 6.71. The molecule has 4 rings (SSSR count). The van der Waals surface area contributed by atoms with Crippen LogP contribution in [0.3, 0.4) is 0 Å². The molecule has 0 radical (unpaired) electrons. The number of esters is 1. The lowest BCUT2D eigenvalue weighted by Gasteiger charge is -2.58. The highest BCUT2D eigenvalue weighted by molar-refractivity contribution is 5.66. The Labute approximate surface area is 214 Å². The van der Waals surface area contributed by atoms with Crippen molar-refractivity contribution in [1.82, 2.24) is 0 Å². The number of ether oxygens (including phenoxy) is 3. The Morgan fingerprint density at radius 3 is 2.46 bits per heavy atom. The van der Waals surface area contributed by atoms with Crippen LogP contribution in [0.1, 0.15) is 112 Å². The summed E-state index contributed by atoms with van der Waals surface area (Å²) in [5.41, 5.74) is 0.00829. The molecular formula is C30H52O5. The molecule has 0 amide bonds. The van der Waals surface area contributed by atoms with Gasteiger partial charge in [0.25, 0.3) is 0 Å². The number of aliphatic hydroxyl groups is 1. The van der Waals surface area contributed by atoms with Gasteiger partial charge in [-0.1, -0.05) is 53.9 Å². The van der Waals surface area contributed by atoms with Crippen molar-refractivity contribution in [2.45, 2.75) is 130 Å². The van der Waals surface area contributed by atoms with Gasteiger partial charge in [-0.05, 0) is 79.4 Å². The van der Waals surface area contributed by atoms with Crippen LogP contribution in [-0.2, 0) is 19.0 Å². The fraction of sp³-hybridized carbons (Fsp3) is 0.967. The lowest BCUT2D eigenvalue weighted by Crippen LogP contribution is -2.60. The third-order valence-corrected chi connectivity index (χ3v) is 11.2. The maximum atomic E-state index is 12.0. The van der Waals surface area contributed by atoms with Crippen LogP contribution in [0.15, 0.2) is 0 Å². The SMILES string of the molecule is CO[C@H]1C[C@H]2[C@@H]3CC[C@H]([C@H](C)CCCC(C)C)[C@@]3(C)CC[C@@H]2[C@@]2(C)CCC(OC(C)=O)C[C@]2(O)O1. The Kier molecular flexibility index (Phi) is 8.02. The van der Waals surface area contributed by atoms with E-state index in [2.05, 4.69) is 34.6 Å². The van der Waals surface area contributed by atoms with E-state index in [1.54, 1.807) is 7.11 Å². The highest BCUT2D eigenvalue weighted by atomic mass is 16.7. The van der Waals surface area contributed by atoms with Gasteiger partial charge < -0.3 is 19.3 Å². The van der Waals surface area contributed by atoms with Crippen molar-refractivity contribution in [1.29, 1.82) is 0 Å². The van der Waals surface area contributed by atoms with E-state index >= 15 is 0 Å². The maximum absolute atomic E-state index is 12.0. The molecule has 1 heterocycles. The van der Waals surface area contributed by atoms with Gasteiger partial charge in [-0.25, -0.2) is 0 Å². The molecular weight excluding hydrogens is 440 g/mol. The van der Waals surface area contributed by atoms with Gasteiger partial charge >= 0.3 is 5.97 Å². The van der Waals surface area contributed by atoms with Gasteiger partial charge in [0, 0.05) is 32.3 Å². The summed E-state index contributed by atoms with van der Waals surface area (Å²) >= 11 is 0. The van der Waals surface area contributed by atoms with Gasteiger partial charge in [-0.2, -0.15) is 0 Å². The minimum Gasteiger partial charge on any atom is -0.462 e. The molecule has 3 aliphatic carbocycles. The molecule has 1 saturated heterocycles. The number of rotatable bonds is 7. The van der Waals surface area contributed by atoms with Crippen molar-refractivity contribution in [3.63, 3.8) is 0 Å². The first-order valence-electron chi connectivity index (χ1n) is 14.5. The van der Waals surface area contributed by atoms with E-state index in [1.165, 1.54) is 45.4 Å². The van der Waals surface area contributed by atoms with Crippen molar-refractivity contribution < 1.29 is 24.1 Å². The summed E-state index contributed by atoms with van der Waals surface area (Å²) in [6.07, 6.45) is 11.1. The molecule has 1 aliphatic heterocycles. The largest absolute Gasteiger partial charge is 0.462 e. The Bertz CT molecular complexity index is 753. The Morgan fingerprint density at radius 2 is 1.80 bits per heavy atom. The zero-order chi connectivity index (χ0) is 25.6. The van der Waals surface area contributed by atoms with Crippen molar-refractivity contribution in [3.05, 3.63) is 0 Å². The number of carbonyl (C=O) groups is 1. The second-order valence-electron chi connectivity index (χ2n) is 13.6. The minimum atomic E-state index is -1.33. The van der Waals surface area contributed by atoms with Crippen LogP contribution in [0.5, 0.6) is 0 Å². The first kappa shape index (κ1) is 27.4. The molecule has 10 atom stereocenters. The first-order valence-corrected chi connectivity index (χ1v) is 14.5. The van der Waals surface area contributed by atoms with Crippen molar-refractivity contribution in [3.8, 4) is 0 Å². The molecule has 0 aromatic rings. The average molecular weight is 493 g/mol. The van der Waals surface area contributed by atoms with Crippen LogP contribution < -0.4 is 0 Å². The van der Waals surface area contributed by atoms with Crippen LogP contribution in [0.2, 0.25) is 0 Å².